The average Bonchev–Trinajstić information content (AvgIpc) is 2.84. The molecule has 1 atom stereocenters. The lowest BCUT2D eigenvalue weighted by Gasteiger charge is -2.19. The maximum Gasteiger partial charge on any atom is 0.123 e. The van der Waals surface area contributed by atoms with Crippen molar-refractivity contribution < 1.29 is 4.42 Å². The fraction of sp³-hybridized carbons (Fsp3) is 0.375. The molecule has 0 saturated carbocycles. The molecule has 1 aromatic carbocycles. The number of nitrogens with one attached hydrogen (secondary N) is 1. The van der Waals surface area contributed by atoms with Crippen LogP contribution in [0.15, 0.2) is 34.9 Å². The summed E-state index contributed by atoms with van der Waals surface area (Å²) in [4.78, 5) is 0. The Kier molecular flexibility index (Phi) is 5.53. The van der Waals surface area contributed by atoms with Crippen LogP contribution in [-0.4, -0.2) is 6.54 Å². The molecule has 0 fully saturated rings. The topological polar surface area (TPSA) is 25.2 Å². The molecule has 1 N–H and O–H groups in total. The van der Waals surface area contributed by atoms with Gasteiger partial charge in [0, 0.05) is 10.0 Å². The zero-order valence-corrected chi connectivity index (χ0v) is 13.3. The van der Waals surface area contributed by atoms with Crippen molar-refractivity contribution in [3.05, 3.63) is 57.5 Å². The van der Waals surface area contributed by atoms with Crippen molar-refractivity contribution >= 4 is 23.2 Å². The van der Waals surface area contributed by atoms with Crippen molar-refractivity contribution in [1.29, 1.82) is 0 Å². The highest BCUT2D eigenvalue weighted by atomic mass is 35.5. The Morgan fingerprint density at radius 1 is 1.20 bits per heavy atom. The fourth-order valence-electron chi connectivity index (χ4n) is 2.25. The first kappa shape index (κ1) is 15.4. The molecule has 0 spiro atoms. The van der Waals surface area contributed by atoms with Gasteiger partial charge in [0.2, 0.25) is 0 Å². The van der Waals surface area contributed by atoms with Crippen LogP contribution in [0, 0.1) is 6.92 Å². The number of benzene rings is 1. The molecule has 0 saturated heterocycles. The third kappa shape index (κ3) is 3.57. The number of aryl methyl sites for hydroxylation is 1. The molecule has 1 unspecified atom stereocenters. The smallest absolute Gasteiger partial charge is 0.123 e. The third-order valence-corrected chi connectivity index (χ3v) is 4.04. The summed E-state index contributed by atoms with van der Waals surface area (Å²) in [6, 6.07) is 7.66. The van der Waals surface area contributed by atoms with Gasteiger partial charge in [-0.2, -0.15) is 0 Å². The van der Waals surface area contributed by atoms with E-state index in [1.165, 1.54) is 0 Å². The van der Waals surface area contributed by atoms with E-state index in [1.54, 1.807) is 6.26 Å². The molecule has 1 aromatic heterocycles. The van der Waals surface area contributed by atoms with E-state index >= 15 is 0 Å². The van der Waals surface area contributed by atoms with E-state index in [1.807, 2.05) is 31.2 Å². The number of hydrogen-bond donors (Lipinski definition) is 1. The second-order valence-electron chi connectivity index (χ2n) is 4.88. The van der Waals surface area contributed by atoms with Crippen molar-refractivity contribution in [2.45, 2.75) is 32.7 Å². The number of rotatable bonds is 6. The van der Waals surface area contributed by atoms with Gasteiger partial charge in [-0.05, 0) is 55.6 Å². The Morgan fingerprint density at radius 2 is 1.90 bits per heavy atom. The first-order chi connectivity index (χ1) is 9.63. The summed E-state index contributed by atoms with van der Waals surface area (Å²) in [6.07, 6.45) is 3.50. The summed E-state index contributed by atoms with van der Waals surface area (Å²) in [5.74, 6) is 0.953. The molecule has 1 heterocycles. The van der Waals surface area contributed by atoms with E-state index in [9.17, 15) is 0 Å². The number of halogens is 2. The first-order valence-electron chi connectivity index (χ1n) is 6.83. The Balaban J connectivity index is 2.26. The fourth-order valence-corrected chi connectivity index (χ4v) is 2.80. The van der Waals surface area contributed by atoms with Crippen LogP contribution in [0.2, 0.25) is 10.0 Å². The molecule has 2 rings (SSSR count). The SMILES string of the molecule is CCCNC(Cc1c(Cl)cccc1Cl)c1occc1C. The van der Waals surface area contributed by atoms with Crippen LogP contribution in [-0.2, 0) is 6.42 Å². The van der Waals surface area contributed by atoms with E-state index in [4.69, 9.17) is 27.6 Å². The Bertz CT molecular complexity index is 545. The van der Waals surface area contributed by atoms with E-state index in [0.29, 0.717) is 16.5 Å². The lowest BCUT2D eigenvalue weighted by molar-refractivity contribution is 0.408. The first-order valence-corrected chi connectivity index (χ1v) is 7.59. The molecule has 2 aromatic rings. The molecule has 0 aliphatic carbocycles. The molecule has 2 nitrogen and oxygen atoms in total. The molecule has 0 amide bonds. The number of furan rings is 1. The van der Waals surface area contributed by atoms with Crippen LogP contribution in [0.25, 0.3) is 0 Å². The predicted octanol–water partition coefficient (Wildman–Crippen LogP) is 5.18. The average molecular weight is 312 g/mol. The molecule has 0 aliphatic heterocycles. The van der Waals surface area contributed by atoms with Crippen molar-refractivity contribution in [1.82, 2.24) is 5.32 Å². The maximum atomic E-state index is 6.27. The zero-order chi connectivity index (χ0) is 14.5. The van der Waals surface area contributed by atoms with Gasteiger partial charge in [0.15, 0.2) is 0 Å². The van der Waals surface area contributed by atoms with Crippen molar-refractivity contribution in [3.63, 3.8) is 0 Å². The Hall–Kier alpha value is -0.960. The monoisotopic (exact) mass is 311 g/mol. The molecule has 4 heteroatoms. The Morgan fingerprint density at radius 3 is 2.45 bits per heavy atom. The summed E-state index contributed by atoms with van der Waals surface area (Å²) in [5.41, 5.74) is 2.10. The van der Waals surface area contributed by atoms with Gasteiger partial charge in [0.25, 0.3) is 0 Å². The van der Waals surface area contributed by atoms with Gasteiger partial charge in [0.05, 0.1) is 12.3 Å². The minimum atomic E-state index is 0.0855. The van der Waals surface area contributed by atoms with Crippen molar-refractivity contribution in [2.24, 2.45) is 0 Å². The van der Waals surface area contributed by atoms with Gasteiger partial charge in [-0.1, -0.05) is 36.2 Å². The van der Waals surface area contributed by atoms with Crippen molar-refractivity contribution in [3.8, 4) is 0 Å². The van der Waals surface area contributed by atoms with Crippen LogP contribution in [0.1, 0.15) is 36.3 Å². The highest BCUT2D eigenvalue weighted by Crippen LogP contribution is 2.30. The molecule has 20 heavy (non-hydrogen) atoms. The lowest BCUT2D eigenvalue weighted by atomic mass is 10.0. The van der Waals surface area contributed by atoms with E-state index in [-0.39, 0.29) is 6.04 Å². The van der Waals surface area contributed by atoms with Gasteiger partial charge in [-0.25, -0.2) is 0 Å². The van der Waals surface area contributed by atoms with Crippen LogP contribution >= 0.6 is 23.2 Å². The molecule has 0 radical (unpaired) electrons. The number of hydrogen-bond acceptors (Lipinski definition) is 2. The quantitative estimate of drug-likeness (QED) is 0.795. The minimum absolute atomic E-state index is 0.0855. The van der Waals surface area contributed by atoms with Gasteiger partial charge in [-0.15, -0.1) is 0 Å². The summed E-state index contributed by atoms with van der Waals surface area (Å²) < 4.78 is 5.63. The molecular weight excluding hydrogens is 293 g/mol. The lowest BCUT2D eigenvalue weighted by Crippen LogP contribution is -2.24. The second kappa shape index (κ2) is 7.16. The van der Waals surface area contributed by atoms with E-state index < -0.39 is 0 Å². The van der Waals surface area contributed by atoms with Gasteiger partial charge in [0.1, 0.15) is 5.76 Å². The standard InChI is InChI=1S/C16H19Cl2NO/c1-3-8-19-15(16-11(2)7-9-20-16)10-12-13(17)5-4-6-14(12)18/h4-7,9,15,19H,3,8,10H2,1-2H3. The van der Waals surface area contributed by atoms with Crippen LogP contribution in [0.4, 0.5) is 0 Å². The van der Waals surface area contributed by atoms with Crippen LogP contribution < -0.4 is 5.32 Å². The minimum Gasteiger partial charge on any atom is -0.467 e. The van der Waals surface area contributed by atoms with E-state index in [0.717, 1.165) is 29.9 Å². The van der Waals surface area contributed by atoms with Gasteiger partial charge < -0.3 is 9.73 Å². The summed E-state index contributed by atoms with van der Waals surface area (Å²) in [5, 5.41) is 4.90. The largest absolute Gasteiger partial charge is 0.467 e. The normalized spacial score (nSPS) is 12.6. The summed E-state index contributed by atoms with van der Waals surface area (Å²) in [7, 11) is 0. The molecule has 0 aliphatic rings. The second-order valence-corrected chi connectivity index (χ2v) is 5.69. The maximum absolute atomic E-state index is 6.27. The van der Waals surface area contributed by atoms with Gasteiger partial charge in [-0.3, -0.25) is 0 Å². The highest BCUT2D eigenvalue weighted by molar-refractivity contribution is 6.36. The predicted molar refractivity (Wildman–Crippen MR) is 84.6 cm³/mol. The Labute approximate surface area is 130 Å². The van der Waals surface area contributed by atoms with Crippen LogP contribution in [0.3, 0.4) is 0 Å². The highest BCUT2D eigenvalue weighted by Gasteiger charge is 2.19. The van der Waals surface area contributed by atoms with Crippen LogP contribution in [0.5, 0.6) is 0 Å². The zero-order valence-electron chi connectivity index (χ0n) is 11.7. The summed E-state index contributed by atoms with van der Waals surface area (Å²) >= 11 is 12.5. The van der Waals surface area contributed by atoms with Gasteiger partial charge >= 0.3 is 0 Å². The molecule has 0 bridgehead atoms. The molecule has 108 valence electrons. The summed E-state index contributed by atoms with van der Waals surface area (Å²) in [6.45, 7) is 5.11. The van der Waals surface area contributed by atoms with Crippen molar-refractivity contribution in [2.75, 3.05) is 6.54 Å². The molecular formula is C16H19Cl2NO. The van der Waals surface area contributed by atoms with E-state index in [2.05, 4.69) is 12.2 Å². The third-order valence-electron chi connectivity index (χ3n) is 3.33.